The number of rotatable bonds is 8. The zero-order valence-corrected chi connectivity index (χ0v) is 23.5. The minimum absolute atomic E-state index is 0.0479. The average Bonchev–Trinajstić information content (AvgIpc) is 3.48. The van der Waals surface area contributed by atoms with Gasteiger partial charge in [-0.2, -0.15) is 0 Å². The first-order valence-corrected chi connectivity index (χ1v) is 13.4. The topological polar surface area (TPSA) is 71.4 Å². The second-order valence-electron chi connectivity index (χ2n) is 9.87. The summed E-state index contributed by atoms with van der Waals surface area (Å²) in [6.45, 7) is 6.57. The lowest BCUT2D eigenvalue weighted by Gasteiger charge is -2.29. The number of benzene rings is 2. The SMILES string of the molecule is COc1ccc(-n2c(C)ccc2[C@@H]2[C@H](c3ccccn3)NC(=S)N2CCC(=O)Nc2cc(C)ccc2C)cc1. The van der Waals surface area contributed by atoms with Gasteiger partial charge in [0.15, 0.2) is 5.11 Å². The summed E-state index contributed by atoms with van der Waals surface area (Å²) in [7, 11) is 1.66. The Kier molecular flexibility index (Phi) is 7.65. The Morgan fingerprint density at radius 3 is 2.56 bits per heavy atom. The smallest absolute Gasteiger partial charge is 0.226 e. The molecular formula is C31H33N5O2S. The lowest BCUT2D eigenvalue weighted by atomic mass is 10.0. The fourth-order valence-electron chi connectivity index (χ4n) is 5.15. The van der Waals surface area contributed by atoms with Crippen molar-refractivity contribution in [3.05, 3.63) is 107 Å². The van der Waals surface area contributed by atoms with Gasteiger partial charge in [-0.25, -0.2) is 0 Å². The number of hydrogen-bond donors (Lipinski definition) is 2. The molecule has 2 aromatic carbocycles. The van der Waals surface area contributed by atoms with Crippen LogP contribution in [0.3, 0.4) is 0 Å². The molecule has 1 amide bonds. The van der Waals surface area contributed by atoms with Crippen LogP contribution in [0.15, 0.2) is 79.0 Å². The zero-order valence-electron chi connectivity index (χ0n) is 22.6. The van der Waals surface area contributed by atoms with Crippen LogP contribution in [-0.4, -0.2) is 39.1 Å². The first-order chi connectivity index (χ1) is 18.9. The van der Waals surface area contributed by atoms with Crippen LogP contribution in [-0.2, 0) is 4.79 Å². The Morgan fingerprint density at radius 2 is 1.85 bits per heavy atom. The Balaban J connectivity index is 1.47. The molecule has 7 nitrogen and oxygen atoms in total. The third-order valence-corrected chi connectivity index (χ3v) is 7.54. The molecule has 0 spiro atoms. The maximum Gasteiger partial charge on any atom is 0.226 e. The molecule has 8 heteroatoms. The molecule has 2 atom stereocenters. The first kappa shape index (κ1) is 26.4. The summed E-state index contributed by atoms with van der Waals surface area (Å²) in [5.74, 6) is 0.755. The van der Waals surface area contributed by atoms with Gasteiger partial charge in [0.25, 0.3) is 0 Å². The van der Waals surface area contributed by atoms with E-state index in [0.717, 1.165) is 45.3 Å². The molecule has 0 radical (unpaired) electrons. The van der Waals surface area contributed by atoms with Gasteiger partial charge in [0.2, 0.25) is 5.91 Å². The third kappa shape index (κ3) is 5.52. The fraction of sp³-hybridized carbons (Fsp3) is 0.258. The van der Waals surface area contributed by atoms with Crippen LogP contribution in [0, 0.1) is 20.8 Å². The molecule has 5 rings (SSSR count). The quantitative estimate of drug-likeness (QED) is 0.276. The van der Waals surface area contributed by atoms with Crippen LogP contribution in [0.1, 0.15) is 46.7 Å². The number of anilines is 1. The van der Waals surface area contributed by atoms with E-state index in [1.807, 2.05) is 74.5 Å². The van der Waals surface area contributed by atoms with Gasteiger partial charge >= 0.3 is 0 Å². The Bertz CT molecular complexity index is 1480. The number of nitrogens with one attached hydrogen (secondary N) is 2. The molecule has 39 heavy (non-hydrogen) atoms. The van der Waals surface area contributed by atoms with Gasteiger partial charge in [0, 0.05) is 41.9 Å². The summed E-state index contributed by atoms with van der Waals surface area (Å²) in [5, 5.41) is 7.18. The van der Waals surface area contributed by atoms with Crippen molar-refractivity contribution in [3.8, 4) is 11.4 Å². The van der Waals surface area contributed by atoms with Crippen molar-refractivity contribution in [1.82, 2.24) is 19.8 Å². The molecule has 200 valence electrons. The summed E-state index contributed by atoms with van der Waals surface area (Å²) < 4.78 is 7.61. The average molecular weight is 540 g/mol. The predicted octanol–water partition coefficient (Wildman–Crippen LogP) is 5.81. The molecule has 0 saturated carbocycles. The van der Waals surface area contributed by atoms with E-state index in [2.05, 4.69) is 44.1 Å². The molecule has 1 saturated heterocycles. The highest BCUT2D eigenvalue weighted by molar-refractivity contribution is 7.80. The number of ether oxygens (including phenoxy) is 1. The minimum Gasteiger partial charge on any atom is -0.497 e. The number of carbonyl (C=O) groups excluding carboxylic acids is 1. The maximum atomic E-state index is 13.1. The van der Waals surface area contributed by atoms with Crippen LogP contribution in [0.25, 0.3) is 5.69 Å². The predicted molar refractivity (Wildman–Crippen MR) is 158 cm³/mol. The van der Waals surface area contributed by atoms with E-state index in [0.29, 0.717) is 18.1 Å². The summed E-state index contributed by atoms with van der Waals surface area (Å²) in [6.07, 6.45) is 2.09. The van der Waals surface area contributed by atoms with Gasteiger partial charge in [-0.3, -0.25) is 9.78 Å². The van der Waals surface area contributed by atoms with Crippen molar-refractivity contribution in [3.63, 3.8) is 0 Å². The molecule has 1 fully saturated rings. The number of nitrogens with zero attached hydrogens (tertiary/aromatic N) is 3. The van der Waals surface area contributed by atoms with Gasteiger partial charge in [-0.1, -0.05) is 18.2 Å². The largest absolute Gasteiger partial charge is 0.497 e. The van der Waals surface area contributed by atoms with E-state index in [1.54, 1.807) is 13.3 Å². The number of methoxy groups -OCH3 is 1. The zero-order chi connectivity index (χ0) is 27.5. The van der Waals surface area contributed by atoms with E-state index in [1.165, 1.54) is 0 Å². The monoisotopic (exact) mass is 539 g/mol. The van der Waals surface area contributed by atoms with Gasteiger partial charge in [0.1, 0.15) is 5.75 Å². The number of thiocarbonyl (C=S) groups is 1. The number of aryl methyl sites for hydroxylation is 3. The number of aromatic nitrogens is 2. The van der Waals surface area contributed by atoms with Crippen molar-refractivity contribution >= 4 is 28.9 Å². The van der Waals surface area contributed by atoms with E-state index in [4.69, 9.17) is 17.0 Å². The highest BCUT2D eigenvalue weighted by atomic mass is 32.1. The second-order valence-corrected chi connectivity index (χ2v) is 10.3. The number of carbonyl (C=O) groups is 1. The maximum absolute atomic E-state index is 13.1. The highest BCUT2D eigenvalue weighted by Crippen LogP contribution is 2.40. The molecule has 4 aromatic rings. The number of pyridine rings is 1. The Hall–Kier alpha value is -4.17. The minimum atomic E-state index is -0.174. The molecular weight excluding hydrogens is 506 g/mol. The number of hydrogen-bond acceptors (Lipinski definition) is 4. The molecule has 0 bridgehead atoms. The van der Waals surface area contributed by atoms with Gasteiger partial charge < -0.3 is 24.8 Å². The Labute approximate surface area is 234 Å². The summed E-state index contributed by atoms with van der Waals surface area (Å²) in [4.78, 5) is 19.8. The van der Waals surface area contributed by atoms with Crippen LogP contribution < -0.4 is 15.4 Å². The first-order valence-electron chi connectivity index (χ1n) is 13.0. The third-order valence-electron chi connectivity index (χ3n) is 7.18. The van der Waals surface area contributed by atoms with Crippen LogP contribution in [0.2, 0.25) is 0 Å². The van der Waals surface area contributed by atoms with Crippen molar-refractivity contribution in [2.75, 3.05) is 19.0 Å². The Morgan fingerprint density at radius 1 is 1.05 bits per heavy atom. The summed E-state index contributed by atoms with van der Waals surface area (Å²) in [6, 6.07) is 23.9. The molecule has 3 heterocycles. The van der Waals surface area contributed by atoms with Gasteiger partial charge in [-0.15, -0.1) is 0 Å². The van der Waals surface area contributed by atoms with Crippen molar-refractivity contribution in [2.45, 2.75) is 39.3 Å². The van der Waals surface area contributed by atoms with Crippen molar-refractivity contribution < 1.29 is 9.53 Å². The highest BCUT2D eigenvalue weighted by Gasteiger charge is 2.41. The van der Waals surface area contributed by atoms with E-state index < -0.39 is 0 Å². The molecule has 0 unspecified atom stereocenters. The lowest BCUT2D eigenvalue weighted by Crippen LogP contribution is -2.33. The van der Waals surface area contributed by atoms with Gasteiger partial charge in [0.05, 0.1) is 24.9 Å². The van der Waals surface area contributed by atoms with E-state index >= 15 is 0 Å². The molecule has 1 aliphatic rings. The molecule has 2 N–H and O–H groups in total. The van der Waals surface area contributed by atoms with E-state index in [-0.39, 0.29) is 18.0 Å². The second kappa shape index (κ2) is 11.3. The van der Waals surface area contributed by atoms with Crippen LogP contribution in [0.4, 0.5) is 5.69 Å². The summed E-state index contributed by atoms with van der Waals surface area (Å²) >= 11 is 5.84. The van der Waals surface area contributed by atoms with Crippen LogP contribution in [0.5, 0.6) is 5.75 Å². The van der Waals surface area contributed by atoms with Crippen molar-refractivity contribution in [1.29, 1.82) is 0 Å². The van der Waals surface area contributed by atoms with Gasteiger partial charge in [-0.05, 0) is 98.7 Å². The fourth-order valence-corrected chi connectivity index (χ4v) is 5.48. The van der Waals surface area contributed by atoms with Crippen molar-refractivity contribution in [2.24, 2.45) is 0 Å². The molecule has 1 aliphatic heterocycles. The molecule has 0 aliphatic carbocycles. The normalized spacial score (nSPS) is 16.7. The van der Waals surface area contributed by atoms with Crippen LogP contribution >= 0.6 is 12.2 Å². The summed E-state index contributed by atoms with van der Waals surface area (Å²) in [5.41, 5.74) is 7.07. The number of amides is 1. The van der Waals surface area contributed by atoms with E-state index in [9.17, 15) is 4.79 Å². The standard InChI is InChI=1S/C31H33N5O2S/c1-20-8-9-21(2)26(19-20)33-28(37)16-18-35-30(29(34-31(35)39)25-7-5-6-17-32-25)27-15-10-22(3)36(27)23-11-13-24(38-4)14-12-23/h5-15,17,19,29-30H,16,18H2,1-4H3,(H,33,37)(H,34,39)/t29-,30+/m0/s1. The lowest BCUT2D eigenvalue weighted by molar-refractivity contribution is -0.116. The molecule has 2 aromatic heterocycles.